The van der Waals surface area contributed by atoms with Gasteiger partial charge in [-0.2, -0.15) is 13.2 Å². The summed E-state index contributed by atoms with van der Waals surface area (Å²) in [5, 5.41) is 0. The molecule has 2 aliphatic heterocycles. The number of likely N-dealkylation sites (tertiary alicyclic amines) is 1. The predicted molar refractivity (Wildman–Crippen MR) is 138 cm³/mol. The van der Waals surface area contributed by atoms with Gasteiger partial charge in [-0.05, 0) is 72.1 Å². The highest BCUT2D eigenvalue weighted by molar-refractivity contribution is 5.73. The Bertz CT molecular complexity index is 992. The molecule has 10 heteroatoms. The lowest BCUT2D eigenvalue weighted by Crippen LogP contribution is -2.39. The molecule has 0 spiro atoms. The van der Waals surface area contributed by atoms with Crippen molar-refractivity contribution in [3.8, 4) is 0 Å². The molecule has 0 saturated carbocycles. The van der Waals surface area contributed by atoms with E-state index < -0.39 is 29.0 Å². The first-order valence-corrected chi connectivity index (χ1v) is 13.1. The number of halogens is 3. The number of nitrogens with zero attached hydrogens (tertiary/aromatic N) is 2. The van der Waals surface area contributed by atoms with E-state index in [1.807, 2.05) is 25.7 Å². The number of esters is 1. The van der Waals surface area contributed by atoms with Crippen molar-refractivity contribution >= 4 is 17.7 Å². The minimum atomic E-state index is -4.49. The molecule has 3 rings (SSSR count). The van der Waals surface area contributed by atoms with Crippen LogP contribution >= 0.6 is 0 Å². The number of hydrogen-bond acceptors (Lipinski definition) is 6. The molecule has 2 fully saturated rings. The van der Waals surface area contributed by atoms with Crippen LogP contribution < -0.4 is 4.90 Å². The van der Waals surface area contributed by atoms with Gasteiger partial charge in [-0.25, -0.2) is 4.79 Å². The lowest BCUT2D eigenvalue weighted by Gasteiger charge is -2.36. The number of alkyl halides is 3. The first-order chi connectivity index (χ1) is 17.5. The normalized spacial score (nSPS) is 21.5. The third-order valence-electron chi connectivity index (χ3n) is 6.81. The van der Waals surface area contributed by atoms with Crippen molar-refractivity contribution in [3.63, 3.8) is 0 Å². The molecule has 1 amide bonds. The van der Waals surface area contributed by atoms with E-state index in [4.69, 9.17) is 14.2 Å². The zero-order valence-electron chi connectivity index (χ0n) is 23.5. The van der Waals surface area contributed by atoms with Gasteiger partial charge in [-0.1, -0.05) is 6.07 Å². The van der Waals surface area contributed by atoms with Crippen LogP contribution in [0, 0.1) is 11.8 Å². The van der Waals surface area contributed by atoms with Crippen molar-refractivity contribution in [1.29, 1.82) is 0 Å². The summed E-state index contributed by atoms with van der Waals surface area (Å²) in [6, 6.07) is 3.83. The summed E-state index contributed by atoms with van der Waals surface area (Å²) < 4.78 is 57.7. The van der Waals surface area contributed by atoms with E-state index in [0.717, 1.165) is 11.6 Å². The Morgan fingerprint density at radius 2 is 1.55 bits per heavy atom. The van der Waals surface area contributed by atoms with Gasteiger partial charge < -0.3 is 24.0 Å². The quantitative estimate of drug-likeness (QED) is 0.434. The summed E-state index contributed by atoms with van der Waals surface area (Å²) in [7, 11) is 1.57. The van der Waals surface area contributed by atoms with Crippen LogP contribution in [0.15, 0.2) is 18.2 Å². The largest absolute Gasteiger partial charge is 0.460 e. The molecule has 1 aromatic carbocycles. The Hall–Kier alpha value is -2.49. The fraction of sp³-hybridized carbons (Fsp3) is 0.714. The number of carbonyl (C=O) groups is 2. The van der Waals surface area contributed by atoms with Crippen molar-refractivity contribution in [2.24, 2.45) is 11.8 Å². The maximum atomic E-state index is 13.7. The summed E-state index contributed by atoms with van der Waals surface area (Å²) in [6.07, 6.45) is -3.97. The Labute approximate surface area is 223 Å². The molecule has 214 valence electrons. The molecule has 2 aliphatic rings. The van der Waals surface area contributed by atoms with Crippen molar-refractivity contribution in [2.75, 3.05) is 44.8 Å². The fourth-order valence-electron chi connectivity index (χ4n) is 5.13. The highest BCUT2D eigenvalue weighted by atomic mass is 19.4. The summed E-state index contributed by atoms with van der Waals surface area (Å²) in [4.78, 5) is 28.9. The molecule has 1 aromatic rings. The smallest absolute Gasteiger partial charge is 0.416 e. The monoisotopic (exact) mass is 542 g/mol. The molecule has 0 aliphatic carbocycles. The van der Waals surface area contributed by atoms with Crippen molar-refractivity contribution in [2.45, 2.75) is 77.7 Å². The van der Waals surface area contributed by atoms with Crippen LogP contribution in [0.1, 0.15) is 71.4 Å². The van der Waals surface area contributed by atoms with Gasteiger partial charge in [-0.3, -0.25) is 4.79 Å². The summed E-state index contributed by atoms with van der Waals surface area (Å²) in [6.45, 7) is 12.7. The summed E-state index contributed by atoms with van der Waals surface area (Å²) in [5.41, 5.74) is -0.761. The van der Waals surface area contributed by atoms with E-state index in [0.29, 0.717) is 51.3 Å². The Balaban J connectivity index is 1.89. The first kappa shape index (κ1) is 30.1. The van der Waals surface area contributed by atoms with Gasteiger partial charge in [-0.15, -0.1) is 0 Å². The number of hydrogen-bond donors (Lipinski definition) is 0. The van der Waals surface area contributed by atoms with Crippen LogP contribution in [0.25, 0.3) is 0 Å². The van der Waals surface area contributed by atoms with Crippen LogP contribution in [0.5, 0.6) is 0 Å². The zero-order valence-corrected chi connectivity index (χ0v) is 23.5. The maximum Gasteiger partial charge on any atom is 0.416 e. The molecule has 0 radical (unpaired) electrons. The van der Waals surface area contributed by atoms with Crippen molar-refractivity contribution < 1.29 is 37.0 Å². The number of amides is 1. The molecule has 2 atom stereocenters. The molecule has 0 N–H and O–H groups in total. The van der Waals surface area contributed by atoms with Crippen LogP contribution in [-0.4, -0.2) is 68.1 Å². The number of ether oxygens (including phenoxy) is 3. The van der Waals surface area contributed by atoms with Crippen LogP contribution in [0.3, 0.4) is 0 Å². The number of carbonyl (C=O) groups excluding carboxylic acids is 2. The molecule has 2 saturated heterocycles. The Kier molecular flexibility index (Phi) is 8.95. The van der Waals surface area contributed by atoms with E-state index in [-0.39, 0.29) is 23.7 Å². The lowest BCUT2D eigenvalue weighted by atomic mass is 9.86. The SMILES string of the molecule is COC[C@H]1CN(C(=O)OC(C)(C)C)C[C@@H]1c1ccc(C(F)(F)F)cc1N1CCC(C(=O)OC(C)(C)C)CC1. The molecular formula is C28H41F3N2O5. The van der Waals surface area contributed by atoms with Gasteiger partial charge >= 0.3 is 18.2 Å². The van der Waals surface area contributed by atoms with Crippen molar-refractivity contribution in [3.05, 3.63) is 29.3 Å². The molecule has 0 bridgehead atoms. The van der Waals surface area contributed by atoms with Crippen LogP contribution in [0.4, 0.5) is 23.7 Å². The van der Waals surface area contributed by atoms with Gasteiger partial charge in [0.05, 0.1) is 18.1 Å². The number of anilines is 1. The van der Waals surface area contributed by atoms with E-state index in [1.165, 1.54) is 12.1 Å². The molecule has 2 heterocycles. The highest BCUT2D eigenvalue weighted by Crippen LogP contribution is 2.42. The van der Waals surface area contributed by atoms with Gasteiger partial charge in [0.15, 0.2) is 0 Å². The second-order valence-electron chi connectivity index (χ2n) is 12.3. The van der Waals surface area contributed by atoms with Gasteiger partial charge in [0, 0.05) is 50.8 Å². The van der Waals surface area contributed by atoms with E-state index >= 15 is 0 Å². The van der Waals surface area contributed by atoms with Gasteiger partial charge in [0.1, 0.15) is 11.2 Å². The van der Waals surface area contributed by atoms with E-state index in [2.05, 4.69) is 0 Å². The van der Waals surface area contributed by atoms with Gasteiger partial charge in [0.25, 0.3) is 0 Å². The standard InChI is InChI=1S/C28H41F3N2O5/c1-26(2,3)37-24(34)18-10-12-32(13-11-18)23-14-20(28(29,30)31)8-9-21(23)22-16-33(15-19(22)17-36-7)25(35)38-27(4,5)6/h8-9,14,18-19,22H,10-13,15-17H2,1-7H3/t19-,22+/m1/s1. The second kappa shape index (κ2) is 11.3. The maximum absolute atomic E-state index is 13.7. The first-order valence-electron chi connectivity index (χ1n) is 13.1. The summed E-state index contributed by atoms with van der Waals surface area (Å²) in [5.74, 6) is -0.911. The third kappa shape index (κ3) is 7.77. The molecule has 0 unspecified atom stereocenters. The molecular weight excluding hydrogens is 501 g/mol. The lowest BCUT2D eigenvalue weighted by molar-refractivity contribution is -0.160. The minimum Gasteiger partial charge on any atom is -0.460 e. The van der Waals surface area contributed by atoms with E-state index in [9.17, 15) is 22.8 Å². The molecule has 38 heavy (non-hydrogen) atoms. The topological polar surface area (TPSA) is 68.3 Å². The minimum absolute atomic E-state index is 0.109. The molecule has 0 aromatic heterocycles. The van der Waals surface area contributed by atoms with Crippen LogP contribution in [-0.2, 0) is 25.2 Å². The average Bonchev–Trinajstić information content (AvgIpc) is 3.20. The van der Waals surface area contributed by atoms with Crippen molar-refractivity contribution in [1.82, 2.24) is 4.90 Å². The number of rotatable bonds is 5. The Morgan fingerprint density at radius 3 is 2.08 bits per heavy atom. The number of benzene rings is 1. The average molecular weight is 543 g/mol. The van der Waals surface area contributed by atoms with Gasteiger partial charge in [0.2, 0.25) is 0 Å². The number of methoxy groups -OCH3 is 1. The number of piperidine rings is 1. The molecule has 7 nitrogen and oxygen atoms in total. The fourth-order valence-corrected chi connectivity index (χ4v) is 5.13. The third-order valence-corrected chi connectivity index (χ3v) is 6.81. The highest BCUT2D eigenvalue weighted by Gasteiger charge is 2.41. The Morgan fingerprint density at radius 1 is 0.947 bits per heavy atom. The van der Waals surface area contributed by atoms with E-state index in [1.54, 1.807) is 32.8 Å². The second-order valence-corrected chi connectivity index (χ2v) is 12.3. The predicted octanol–water partition coefficient (Wildman–Crippen LogP) is 5.86. The zero-order chi connectivity index (χ0) is 28.5. The summed E-state index contributed by atoms with van der Waals surface area (Å²) >= 11 is 0. The van der Waals surface area contributed by atoms with Crippen LogP contribution in [0.2, 0.25) is 0 Å².